The van der Waals surface area contributed by atoms with Crippen LogP contribution in [0.4, 0.5) is 16.2 Å². The van der Waals surface area contributed by atoms with E-state index in [1.807, 2.05) is 12.1 Å². The molecule has 1 aliphatic rings. The third kappa shape index (κ3) is 4.46. The van der Waals surface area contributed by atoms with Crippen molar-refractivity contribution in [2.24, 2.45) is 5.92 Å². The molecule has 2 aromatic rings. The van der Waals surface area contributed by atoms with Gasteiger partial charge >= 0.3 is 6.03 Å². The Morgan fingerprint density at radius 1 is 1.27 bits per heavy atom. The molecular formula is C19H20ClN3O3. The number of anilines is 2. The van der Waals surface area contributed by atoms with Gasteiger partial charge in [0.05, 0.1) is 7.11 Å². The Morgan fingerprint density at radius 3 is 2.77 bits per heavy atom. The topological polar surface area (TPSA) is 70.7 Å². The molecule has 0 bridgehead atoms. The van der Waals surface area contributed by atoms with E-state index in [-0.39, 0.29) is 17.9 Å². The second-order valence-corrected chi connectivity index (χ2v) is 6.55. The van der Waals surface area contributed by atoms with E-state index in [4.69, 9.17) is 16.3 Å². The van der Waals surface area contributed by atoms with Crippen LogP contribution in [-0.4, -0.2) is 32.1 Å². The largest absolute Gasteiger partial charge is 0.497 e. The van der Waals surface area contributed by atoms with Gasteiger partial charge in [0.25, 0.3) is 0 Å². The van der Waals surface area contributed by atoms with E-state index in [0.717, 1.165) is 5.69 Å². The van der Waals surface area contributed by atoms with E-state index in [0.29, 0.717) is 36.0 Å². The maximum atomic E-state index is 12.2. The average molecular weight is 374 g/mol. The van der Waals surface area contributed by atoms with Gasteiger partial charge in [0, 0.05) is 47.9 Å². The second kappa shape index (κ2) is 8.10. The lowest BCUT2D eigenvalue weighted by molar-refractivity contribution is -0.117. The fourth-order valence-electron chi connectivity index (χ4n) is 2.90. The summed E-state index contributed by atoms with van der Waals surface area (Å²) in [6.07, 6.45) is 0.405. The molecule has 0 saturated carbocycles. The van der Waals surface area contributed by atoms with Gasteiger partial charge in [-0.15, -0.1) is 0 Å². The summed E-state index contributed by atoms with van der Waals surface area (Å²) in [5, 5.41) is 6.21. The molecule has 0 aliphatic carbocycles. The molecule has 2 aromatic carbocycles. The SMILES string of the molecule is COc1cccc(NC(=O)NCC2CC(=O)N(c3ccc(Cl)cc3)C2)c1. The van der Waals surface area contributed by atoms with Crippen molar-refractivity contribution in [3.63, 3.8) is 0 Å². The van der Waals surface area contributed by atoms with E-state index < -0.39 is 0 Å². The number of amides is 3. The number of ether oxygens (including phenoxy) is 1. The van der Waals surface area contributed by atoms with Crippen LogP contribution in [0.3, 0.4) is 0 Å². The van der Waals surface area contributed by atoms with E-state index in [2.05, 4.69) is 10.6 Å². The number of benzene rings is 2. The van der Waals surface area contributed by atoms with Gasteiger partial charge in [0.1, 0.15) is 5.75 Å². The molecule has 0 aromatic heterocycles. The first-order valence-electron chi connectivity index (χ1n) is 8.30. The van der Waals surface area contributed by atoms with Crippen molar-refractivity contribution < 1.29 is 14.3 Å². The van der Waals surface area contributed by atoms with Crippen molar-refractivity contribution in [2.75, 3.05) is 30.4 Å². The van der Waals surface area contributed by atoms with Crippen LogP contribution in [0.25, 0.3) is 0 Å². The summed E-state index contributed by atoms with van der Waals surface area (Å²) >= 11 is 5.89. The number of hydrogen-bond acceptors (Lipinski definition) is 3. The first kappa shape index (κ1) is 18.1. The molecule has 1 aliphatic heterocycles. The van der Waals surface area contributed by atoms with Gasteiger partial charge in [-0.3, -0.25) is 4.79 Å². The smallest absolute Gasteiger partial charge is 0.319 e. The van der Waals surface area contributed by atoms with Gasteiger partial charge in [-0.1, -0.05) is 17.7 Å². The molecule has 26 heavy (non-hydrogen) atoms. The molecule has 7 heteroatoms. The standard InChI is InChI=1S/C19H20ClN3O3/c1-26-17-4-2-3-15(10-17)22-19(25)21-11-13-9-18(24)23(12-13)16-7-5-14(20)6-8-16/h2-8,10,13H,9,11-12H2,1H3,(H2,21,22,25). The highest BCUT2D eigenvalue weighted by Gasteiger charge is 2.30. The molecule has 6 nitrogen and oxygen atoms in total. The van der Waals surface area contributed by atoms with E-state index >= 15 is 0 Å². The third-order valence-electron chi connectivity index (χ3n) is 4.22. The monoisotopic (exact) mass is 373 g/mol. The Bertz CT molecular complexity index is 795. The number of urea groups is 1. The lowest BCUT2D eigenvalue weighted by atomic mass is 10.1. The van der Waals surface area contributed by atoms with E-state index in [1.54, 1.807) is 48.4 Å². The zero-order valence-corrected chi connectivity index (χ0v) is 15.1. The Labute approximate surface area is 157 Å². The zero-order valence-electron chi connectivity index (χ0n) is 14.4. The molecule has 1 heterocycles. The fourth-order valence-corrected chi connectivity index (χ4v) is 3.03. The number of halogens is 1. The molecule has 0 spiro atoms. The number of carbonyl (C=O) groups is 2. The maximum absolute atomic E-state index is 12.2. The first-order chi connectivity index (χ1) is 12.5. The molecular weight excluding hydrogens is 354 g/mol. The lowest BCUT2D eigenvalue weighted by Crippen LogP contribution is -2.34. The summed E-state index contributed by atoms with van der Waals surface area (Å²) in [7, 11) is 1.57. The van der Waals surface area contributed by atoms with Crippen molar-refractivity contribution in [2.45, 2.75) is 6.42 Å². The molecule has 2 N–H and O–H groups in total. The Balaban J connectivity index is 1.51. The highest BCUT2D eigenvalue weighted by molar-refractivity contribution is 6.30. The van der Waals surface area contributed by atoms with Gasteiger partial charge in [-0.2, -0.15) is 0 Å². The number of nitrogens with zero attached hydrogens (tertiary/aromatic N) is 1. The highest BCUT2D eigenvalue weighted by atomic mass is 35.5. The van der Waals surface area contributed by atoms with Gasteiger partial charge < -0.3 is 20.3 Å². The van der Waals surface area contributed by atoms with E-state index in [1.165, 1.54) is 0 Å². The lowest BCUT2D eigenvalue weighted by Gasteiger charge is -2.17. The van der Waals surface area contributed by atoms with Crippen molar-refractivity contribution in [3.8, 4) is 5.75 Å². The zero-order chi connectivity index (χ0) is 18.5. The summed E-state index contributed by atoms with van der Waals surface area (Å²) < 4.78 is 5.13. The van der Waals surface area contributed by atoms with Crippen LogP contribution in [0.2, 0.25) is 5.02 Å². The van der Waals surface area contributed by atoms with Crippen molar-refractivity contribution in [1.29, 1.82) is 0 Å². The number of carbonyl (C=O) groups excluding carboxylic acids is 2. The van der Waals surface area contributed by atoms with Crippen LogP contribution >= 0.6 is 11.6 Å². The minimum atomic E-state index is -0.310. The molecule has 1 saturated heterocycles. The molecule has 0 radical (unpaired) electrons. The summed E-state index contributed by atoms with van der Waals surface area (Å²) in [4.78, 5) is 26.0. The van der Waals surface area contributed by atoms with Gasteiger partial charge in [0.15, 0.2) is 0 Å². The summed E-state index contributed by atoms with van der Waals surface area (Å²) in [5.74, 6) is 0.782. The van der Waals surface area contributed by atoms with Crippen LogP contribution in [0.5, 0.6) is 5.75 Å². The summed E-state index contributed by atoms with van der Waals surface area (Å²) in [6.45, 7) is 0.992. The fraction of sp³-hybridized carbons (Fsp3) is 0.263. The second-order valence-electron chi connectivity index (χ2n) is 6.12. The van der Waals surface area contributed by atoms with Gasteiger partial charge in [-0.05, 0) is 36.4 Å². The molecule has 1 atom stereocenters. The third-order valence-corrected chi connectivity index (χ3v) is 4.47. The normalized spacial score (nSPS) is 16.5. The minimum Gasteiger partial charge on any atom is -0.497 e. The quantitative estimate of drug-likeness (QED) is 0.842. The van der Waals surface area contributed by atoms with Crippen LogP contribution in [-0.2, 0) is 4.79 Å². The number of methoxy groups -OCH3 is 1. The van der Waals surface area contributed by atoms with Crippen LogP contribution in [0.1, 0.15) is 6.42 Å². The summed E-state index contributed by atoms with van der Waals surface area (Å²) in [6, 6.07) is 14.0. The Morgan fingerprint density at radius 2 is 2.04 bits per heavy atom. The van der Waals surface area contributed by atoms with Crippen LogP contribution in [0, 0.1) is 5.92 Å². The number of hydrogen-bond donors (Lipinski definition) is 2. The van der Waals surface area contributed by atoms with Crippen LogP contribution < -0.4 is 20.3 Å². The van der Waals surface area contributed by atoms with Crippen molar-refractivity contribution >= 4 is 34.9 Å². The van der Waals surface area contributed by atoms with Gasteiger partial charge in [-0.25, -0.2) is 4.79 Å². The maximum Gasteiger partial charge on any atom is 0.319 e. The summed E-state index contributed by atoms with van der Waals surface area (Å²) in [5.41, 5.74) is 1.47. The van der Waals surface area contributed by atoms with Crippen LogP contribution in [0.15, 0.2) is 48.5 Å². The highest BCUT2D eigenvalue weighted by Crippen LogP contribution is 2.26. The molecule has 136 valence electrons. The van der Waals surface area contributed by atoms with Gasteiger partial charge in [0.2, 0.25) is 5.91 Å². The number of nitrogens with one attached hydrogen (secondary N) is 2. The minimum absolute atomic E-state index is 0.0485. The molecule has 1 fully saturated rings. The number of rotatable bonds is 5. The average Bonchev–Trinajstić information content (AvgIpc) is 3.01. The predicted molar refractivity (Wildman–Crippen MR) is 102 cm³/mol. The van der Waals surface area contributed by atoms with E-state index in [9.17, 15) is 9.59 Å². The Hall–Kier alpha value is -2.73. The van der Waals surface area contributed by atoms with Crippen molar-refractivity contribution in [3.05, 3.63) is 53.6 Å². The molecule has 3 amide bonds. The predicted octanol–water partition coefficient (Wildman–Crippen LogP) is 3.52. The Kier molecular flexibility index (Phi) is 5.63. The van der Waals surface area contributed by atoms with Crippen molar-refractivity contribution in [1.82, 2.24) is 5.32 Å². The first-order valence-corrected chi connectivity index (χ1v) is 8.68. The molecule has 3 rings (SSSR count). The molecule has 1 unspecified atom stereocenters.